The second-order valence-electron chi connectivity index (χ2n) is 3.82. The van der Waals surface area contributed by atoms with E-state index in [1.807, 2.05) is 0 Å². The van der Waals surface area contributed by atoms with Crippen molar-refractivity contribution < 1.29 is 14.1 Å². The molecule has 0 aliphatic rings. The summed E-state index contributed by atoms with van der Waals surface area (Å²) in [5.41, 5.74) is -0.963. The van der Waals surface area contributed by atoms with E-state index in [1.165, 1.54) is 0 Å². The molecule has 0 amide bonds. The summed E-state index contributed by atoms with van der Waals surface area (Å²) >= 11 is 3.50. The van der Waals surface area contributed by atoms with E-state index >= 15 is 0 Å². The van der Waals surface area contributed by atoms with Gasteiger partial charge in [0.15, 0.2) is 0 Å². The number of aliphatic hydroxyl groups is 1. The van der Waals surface area contributed by atoms with Gasteiger partial charge in [-0.05, 0) is 11.1 Å². The Hall–Kier alpha value is -1.78. The number of hydrogen-bond acceptors (Lipinski definition) is 4. The summed E-state index contributed by atoms with van der Waals surface area (Å²) in [5.74, 6) is -0.830. The predicted molar refractivity (Wildman–Crippen MR) is 71.0 cm³/mol. The van der Waals surface area contributed by atoms with Crippen molar-refractivity contribution in [1.82, 2.24) is 0 Å². The van der Waals surface area contributed by atoms with E-state index < -0.39 is 11.6 Å². The standard InChI is InChI=1S/C14H12O3S/c15-13(17-18)14(16,11-7-3-1-4-8-11)12-9-5-2-6-10-12/h1-10,16,18H. The Morgan fingerprint density at radius 2 is 1.33 bits per heavy atom. The molecule has 0 spiro atoms. The molecule has 1 N–H and O–H groups in total. The maximum Gasteiger partial charge on any atom is 0.359 e. The molecular formula is C14H12O3S. The van der Waals surface area contributed by atoms with E-state index in [2.05, 4.69) is 17.1 Å². The summed E-state index contributed by atoms with van der Waals surface area (Å²) in [6.07, 6.45) is 0. The average Bonchev–Trinajstić information content (AvgIpc) is 2.47. The lowest BCUT2D eigenvalue weighted by Gasteiger charge is -2.25. The smallest absolute Gasteiger partial charge is 0.359 e. The van der Waals surface area contributed by atoms with Gasteiger partial charge in [0.2, 0.25) is 5.60 Å². The summed E-state index contributed by atoms with van der Waals surface area (Å²) < 4.78 is 4.43. The van der Waals surface area contributed by atoms with Gasteiger partial charge >= 0.3 is 5.97 Å². The van der Waals surface area contributed by atoms with E-state index in [-0.39, 0.29) is 0 Å². The fourth-order valence-corrected chi connectivity index (χ4v) is 1.96. The molecule has 3 nitrogen and oxygen atoms in total. The van der Waals surface area contributed by atoms with Crippen LogP contribution in [0, 0.1) is 0 Å². The van der Waals surface area contributed by atoms with Gasteiger partial charge in [-0.3, -0.25) is 0 Å². The number of benzene rings is 2. The lowest BCUT2D eigenvalue weighted by molar-refractivity contribution is -0.150. The highest BCUT2D eigenvalue weighted by Gasteiger charge is 2.41. The molecule has 2 aromatic carbocycles. The number of carbonyl (C=O) groups excluding carboxylic acids is 1. The molecule has 0 saturated carbocycles. The van der Waals surface area contributed by atoms with E-state index in [4.69, 9.17) is 0 Å². The zero-order valence-electron chi connectivity index (χ0n) is 9.48. The van der Waals surface area contributed by atoms with Crippen LogP contribution in [-0.2, 0) is 14.6 Å². The average molecular weight is 260 g/mol. The number of hydrogen-bond donors (Lipinski definition) is 2. The summed E-state index contributed by atoms with van der Waals surface area (Å²) in [6.45, 7) is 0. The Kier molecular flexibility index (Phi) is 3.69. The van der Waals surface area contributed by atoms with Crippen molar-refractivity contribution in [3.63, 3.8) is 0 Å². The van der Waals surface area contributed by atoms with Gasteiger partial charge in [0.05, 0.1) is 0 Å². The molecule has 92 valence electrons. The van der Waals surface area contributed by atoms with Crippen molar-refractivity contribution in [1.29, 1.82) is 0 Å². The molecule has 4 heteroatoms. The zero-order valence-corrected chi connectivity index (χ0v) is 10.4. The Balaban J connectivity index is 2.59. The number of carbonyl (C=O) groups is 1. The molecule has 2 rings (SSSR count). The number of thiol groups is 1. The SMILES string of the molecule is O=C(OS)C(O)(c1ccccc1)c1ccccc1. The highest BCUT2D eigenvalue weighted by Crippen LogP contribution is 2.31. The Bertz CT molecular complexity index is 486. The summed E-state index contributed by atoms with van der Waals surface area (Å²) in [7, 11) is 0. The molecule has 0 aromatic heterocycles. The topological polar surface area (TPSA) is 46.5 Å². The van der Waals surface area contributed by atoms with Crippen LogP contribution in [0.4, 0.5) is 0 Å². The van der Waals surface area contributed by atoms with Crippen LogP contribution < -0.4 is 0 Å². The molecule has 0 saturated heterocycles. The summed E-state index contributed by atoms with van der Waals surface area (Å²) in [5, 5.41) is 10.7. The maximum absolute atomic E-state index is 11.9. The van der Waals surface area contributed by atoms with E-state index in [0.717, 1.165) is 0 Å². The van der Waals surface area contributed by atoms with Crippen molar-refractivity contribution in [3.05, 3.63) is 71.8 Å². The minimum atomic E-state index is -1.84. The third-order valence-electron chi connectivity index (χ3n) is 2.76. The lowest BCUT2D eigenvalue weighted by atomic mass is 9.86. The normalized spacial score (nSPS) is 11.0. The molecule has 18 heavy (non-hydrogen) atoms. The highest BCUT2D eigenvalue weighted by atomic mass is 32.1. The highest BCUT2D eigenvalue weighted by molar-refractivity contribution is 7.75. The van der Waals surface area contributed by atoms with Crippen molar-refractivity contribution in [3.8, 4) is 0 Å². The van der Waals surface area contributed by atoms with Gasteiger partial charge in [-0.2, -0.15) is 0 Å². The molecule has 0 radical (unpaired) electrons. The second-order valence-corrected chi connectivity index (χ2v) is 4.00. The van der Waals surface area contributed by atoms with Gasteiger partial charge < -0.3 is 9.29 Å². The maximum atomic E-state index is 11.9. The first kappa shape index (κ1) is 12.7. The van der Waals surface area contributed by atoms with E-state index in [9.17, 15) is 9.90 Å². The van der Waals surface area contributed by atoms with Crippen LogP contribution >= 0.6 is 12.9 Å². The van der Waals surface area contributed by atoms with Gasteiger partial charge in [-0.1, -0.05) is 60.7 Å². The molecule has 0 aliphatic carbocycles. The Morgan fingerprint density at radius 1 is 0.944 bits per heavy atom. The quantitative estimate of drug-likeness (QED) is 0.657. The van der Waals surface area contributed by atoms with Crippen LogP contribution in [-0.4, -0.2) is 11.1 Å². The van der Waals surface area contributed by atoms with Crippen molar-refractivity contribution in [2.75, 3.05) is 0 Å². The molecule has 0 bridgehead atoms. The van der Waals surface area contributed by atoms with Crippen LogP contribution in [0.25, 0.3) is 0 Å². The van der Waals surface area contributed by atoms with Gasteiger partial charge in [-0.25, -0.2) is 4.79 Å². The molecule has 0 atom stereocenters. The Morgan fingerprint density at radius 3 is 1.67 bits per heavy atom. The van der Waals surface area contributed by atoms with Gasteiger partial charge in [-0.15, -0.1) is 0 Å². The third kappa shape index (κ3) is 2.12. The summed E-state index contributed by atoms with van der Waals surface area (Å²) in [6, 6.07) is 17.3. The van der Waals surface area contributed by atoms with Gasteiger partial charge in [0, 0.05) is 12.9 Å². The van der Waals surface area contributed by atoms with Gasteiger partial charge in [0.1, 0.15) is 0 Å². The fourth-order valence-electron chi connectivity index (χ4n) is 1.83. The number of rotatable bonds is 3. The molecular weight excluding hydrogens is 248 g/mol. The molecule has 0 aliphatic heterocycles. The van der Waals surface area contributed by atoms with Crippen molar-refractivity contribution in [2.45, 2.75) is 5.60 Å². The fraction of sp³-hybridized carbons (Fsp3) is 0.0714. The van der Waals surface area contributed by atoms with E-state index in [1.54, 1.807) is 60.7 Å². The van der Waals surface area contributed by atoms with Crippen LogP contribution in [0.3, 0.4) is 0 Å². The Labute approximate surface area is 111 Å². The zero-order chi connectivity index (χ0) is 13.0. The van der Waals surface area contributed by atoms with Crippen LogP contribution in [0.1, 0.15) is 11.1 Å². The first-order valence-corrected chi connectivity index (χ1v) is 5.75. The molecule has 2 aromatic rings. The van der Waals surface area contributed by atoms with Crippen LogP contribution in [0.5, 0.6) is 0 Å². The minimum absolute atomic E-state index is 0.440. The predicted octanol–water partition coefficient (Wildman–Crippen LogP) is 2.31. The minimum Gasteiger partial charge on any atom is -0.392 e. The third-order valence-corrected chi connectivity index (χ3v) is 2.93. The van der Waals surface area contributed by atoms with Crippen LogP contribution in [0.2, 0.25) is 0 Å². The second kappa shape index (κ2) is 5.25. The van der Waals surface area contributed by atoms with E-state index in [0.29, 0.717) is 11.1 Å². The summed E-state index contributed by atoms with van der Waals surface area (Å²) in [4.78, 5) is 11.9. The monoisotopic (exact) mass is 260 g/mol. The van der Waals surface area contributed by atoms with Gasteiger partial charge in [0.25, 0.3) is 0 Å². The van der Waals surface area contributed by atoms with Crippen molar-refractivity contribution in [2.24, 2.45) is 0 Å². The molecule has 0 heterocycles. The molecule has 0 fully saturated rings. The lowest BCUT2D eigenvalue weighted by Crippen LogP contribution is -2.37. The van der Waals surface area contributed by atoms with Crippen LogP contribution in [0.15, 0.2) is 60.7 Å². The largest absolute Gasteiger partial charge is 0.392 e. The first-order chi connectivity index (χ1) is 8.69. The molecule has 0 unspecified atom stereocenters. The first-order valence-electron chi connectivity index (χ1n) is 5.39. The van der Waals surface area contributed by atoms with Crippen molar-refractivity contribution >= 4 is 18.9 Å².